The van der Waals surface area contributed by atoms with E-state index in [1.165, 1.54) is 12.1 Å². The second kappa shape index (κ2) is 5.73. The second-order valence-corrected chi connectivity index (χ2v) is 5.24. The van der Waals surface area contributed by atoms with Crippen LogP contribution in [-0.4, -0.2) is 35.6 Å². The highest BCUT2D eigenvalue weighted by atomic mass is 19.1. The Morgan fingerprint density at radius 1 is 1.40 bits per heavy atom. The standard InChI is InChI=1S/C15H18FN3O/c1-11-8-19(7-6-17-11)9-14-10-20-15(18-14)12-2-4-13(16)5-3-12/h2-5,10-11,17H,6-9H2,1H3. The zero-order chi connectivity index (χ0) is 13.9. The summed E-state index contributed by atoms with van der Waals surface area (Å²) in [4.78, 5) is 6.83. The lowest BCUT2D eigenvalue weighted by Gasteiger charge is -2.31. The highest BCUT2D eigenvalue weighted by molar-refractivity contribution is 5.52. The van der Waals surface area contributed by atoms with Gasteiger partial charge < -0.3 is 9.73 Å². The fourth-order valence-electron chi connectivity index (χ4n) is 2.49. The average molecular weight is 275 g/mol. The molecule has 1 aromatic heterocycles. The third-order valence-corrected chi connectivity index (χ3v) is 3.48. The summed E-state index contributed by atoms with van der Waals surface area (Å²) in [5.74, 6) is 0.290. The van der Waals surface area contributed by atoms with E-state index < -0.39 is 0 Å². The van der Waals surface area contributed by atoms with Crippen LogP contribution >= 0.6 is 0 Å². The third-order valence-electron chi connectivity index (χ3n) is 3.48. The van der Waals surface area contributed by atoms with Crippen molar-refractivity contribution in [2.75, 3.05) is 19.6 Å². The van der Waals surface area contributed by atoms with Gasteiger partial charge in [-0.25, -0.2) is 9.37 Å². The first kappa shape index (κ1) is 13.3. The van der Waals surface area contributed by atoms with Crippen molar-refractivity contribution in [2.24, 2.45) is 0 Å². The van der Waals surface area contributed by atoms with Crippen molar-refractivity contribution in [1.82, 2.24) is 15.2 Å². The van der Waals surface area contributed by atoms with Crippen molar-refractivity contribution >= 4 is 0 Å². The molecule has 106 valence electrons. The van der Waals surface area contributed by atoms with E-state index in [2.05, 4.69) is 22.1 Å². The second-order valence-electron chi connectivity index (χ2n) is 5.24. The third kappa shape index (κ3) is 3.05. The molecule has 1 N–H and O–H groups in total. The number of halogens is 1. The first-order valence-electron chi connectivity index (χ1n) is 6.87. The molecular formula is C15H18FN3O. The quantitative estimate of drug-likeness (QED) is 0.933. The maximum atomic E-state index is 12.9. The van der Waals surface area contributed by atoms with E-state index in [0.717, 1.165) is 37.4 Å². The lowest BCUT2D eigenvalue weighted by molar-refractivity contribution is 0.197. The molecule has 20 heavy (non-hydrogen) atoms. The van der Waals surface area contributed by atoms with Crippen LogP contribution in [-0.2, 0) is 6.54 Å². The maximum Gasteiger partial charge on any atom is 0.226 e. The molecule has 0 spiro atoms. The van der Waals surface area contributed by atoms with Gasteiger partial charge in [-0.3, -0.25) is 4.90 Å². The van der Waals surface area contributed by atoms with Gasteiger partial charge in [-0.1, -0.05) is 0 Å². The van der Waals surface area contributed by atoms with Gasteiger partial charge in [0.05, 0.1) is 5.69 Å². The van der Waals surface area contributed by atoms with Crippen molar-refractivity contribution in [3.05, 3.63) is 42.0 Å². The predicted molar refractivity (Wildman–Crippen MR) is 74.6 cm³/mol. The van der Waals surface area contributed by atoms with Crippen molar-refractivity contribution in [1.29, 1.82) is 0 Å². The number of aromatic nitrogens is 1. The molecule has 1 aliphatic heterocycles. The maximum absolute atomic E-state index is 12.9. The van der Waals surface area contributed by atoms with Gasteiger partial charge in [-0.2, -0.15) is 0 Å². The Morgan fingerprint density at radius 3 is 2.95 bits per heavy atom. The van der Waals surface area contributed by atoms with Crippen molar-refractivity contribution in [2.45, 2.75) is 19.5 Å². The zero-order valence-corrected chi connectivity index (χ0v) is 11.5. The van der Waals surface area contributed by atoms with Crippen LogP contribution in [0.25, 0.3) is 11.5 Å². The highest BCUT2D eigenvalue weighted by Gasteiger charge is 2.17. The molecule has 1 unspecified atom stereocenters. The Morgan fingerprint density at radius 2 is 2.20 bits per heavy atom. The molecule has 0 amide bonds. The highest BCUT2D eigenvalue weighted by Crippen LogP contribution is 2.19. The van der Waals surface area contributed by atoms with E-state index in [1.807, 2.05) is 0 Å². The SMILES string of the molecule is CC1CN(Cc2coc(-c3ccc(F)cc3)n2)CCN1. The van der Waals surface area contributed by atoms with E-state index in [9.17, 15) is 4.39 Å². The van der Waals surface area contributed by atoms with Gasteiger partial charge in [0.1, 0.15) is 12.1 Å². The Balaban J connectivity index is 1.69. The molecule has 1 saturated heterocycles. The monoisotopic (exact) mass is 275 g/mol. The van der Waals surface area contributed by atoms with Gasteiger partial charge in [0.25, 0.3) is 0 Å². The first-order valence-corrected chi connectivity index (χ1v) is 6.87. The van der Waals surface area contributed by atoms with Crippen LogP contribution in [0.3, 0.4) is 0 Å². The number of piperazine rings is 1. The number of nitrogens with zero attached hydrogens (tertiary/aromatic N) is 2. The Kier molecular flexibility index (Phi) is 3.80. The minimum absolute atomic E-state index is 0.254. The molecule has 1 atom stereocenters. The van der Waals surface area contributed by atoms with Crippen LogP contribution < -0.4 is 5.32 Å². The van der Waals surface area contributed by atoms with Crippen LogP contribution in [0.4, 0.5) is 4.39 Å². The van der Waals surface area contributed by atoms with E-state index in [4.69, 9.17) is 4.42 Å². The number of oxazole rings is 1. The lowest BCUT2D eigenvalue weighted by Crippen LogP contribution is -2.48. The number of rotatable bonds is 3. The Hall–Kier alpha value is -1.72. The molecular weight excluding hydrogens is 257 g/mol. The molecule has 2 heterocycles. The van der Waals surface area contributed by atoms with Crippen LogP contribution in [0.15, 0.2) is 34.9 Å². The van der Waals surface area contributed by atoms with Crippen LogP contribution in [0.2, 0.25) is 0 Å². The molecule has 0 radical (unpaired) electrons. The summed E-state index contributed by atoms with van der Waals surface area (Å²) < 4.78 is 18.4. The summed E-state index contributed by atoms with van der Waals surface area (Å²) in [5.41, 5.74) is 1.71. The Labute approximate surface area is 117 Å². The summed E-state index contributed by atoms with van der Waals surface area (Å²) in [6.07, 6.45) is 1.69. The largest absolute Gasteiger partial charge is 0.444 e. The molecule has 1 aliphatic rings. The molecule has 4 nitrogen and oxygen atoms in total. The van der Waals surface area contributed by atoms with E-state index >= 15 is 0 Å². The molecule has 1 aromatic carbocycles. The molecule has 2 aromatic rings. The summed E-state index contributed by atoms with van der Waals surface area (Å²) in [6.45, 7) is 6.00. The molecule has 0 aliphatic carbocycles. The van der Waals surface area contributed by atoms with Crippen LogP contribution in [0.1, 0.15) is 12.6 Å². The molecule has 1 fully saturated rings. The van der Waals surface area contributed by atoms with Crippen molar-refractivity contribution in [3.63, 3.8) is 0 Å². The average Bonchev–Trinajstić information content (AvgIpc) is 2.88. The minimum Gasteiger partial charge on any atom is -0.444 e. The molecule has 0 saturated carbocycles. The minimum atomic E-state index is -0.254. The summed E-state index contributed by atoms with van der Waals surface area (Å²) >= 11 is 0. The zero-order valence-electron chi connectivity index (χ0n) is 11.5. The fraction of sp³-hybridized carbons (Fsp3) is 0.400. The number of nitrogens with one attached hydrogen (secondary N) is 1. The number of hydrogen-bond acceptors (Lipinski definition) is 4. The lowest BCUT2D eigenvalue weighted by atomic mass is 10.2. The summed E-state index contributed by atoms with van der Waals surface area (Å²) in [7, 11) is 0. The van der Waals surface area contributed by atoms with Gasteiger partial charge in [0.15, 0.2) is 0 Å². The summed E-state index contributed by atoms with van der Waals surface area (Å²) in [5, 5.41) is 3.41. The van der Waals surface area contributed by atoms with Crippen LogP contribution in [0, 0.1) is 5.82 Å². The first-order chi connectivity index (χ1) is 9.70. The normalized spacial score (nSPS) is 20.2. The van der Waals surface area contributed by atoms with Gasteiger partial charge >= 0.3 is 0 Å². The molecule has 5 heteroatoms. The molecule has 0 bridgehead atoms. The number of benzene rings is 1. The van der Waals surface area contributed by atoms with E-state index in [1.54, 1.807) is 18.4 Å². The van der Waals surface area contributed by atoms with Gasteiger partial charge in [0, 0.05) is 37.8 Å². The molecule has 3 rings (SSSR count). The van der Waals surface area contributed by atoms with Gasteiger partial charge in [-0.05, 0) is 31.2 Å². The van der Waals surface area contributed by atoms with Gasteiger partial charge in [0.2, 0.25) is 5.89 Å². The fourth-order valence-corrected chi connectivity index (χ4v) is 2.49. The smallest absolute Gasteiger partial charge is 0.226 e. The predicted octanol–water partition coefficient (Wildman–Crippen LogP) is 2.27. The summed E-state index contributed by atoms with van der Waals surface area (Å²) in [6, 6.07) is 6.69. The van der Waals surface area contributed by atoms with Crippen molar-refractivity contribution < 1.29 is 8.81 Å². The van der Waals surface area contributed by atoms with E-state index in [-0.39, 0.29) is 5.82 Å². The van der Waals surface area contributed by atoms with Gasteiger partial charge in [-0.15, -0.1) is 0 Å². The van der Waals surface area contributed by atoms with E-state index in [0.29, 0.717) is 11.9 Å². The van der Waals surface area contributed by atoms with Crippen LogP contribution in [0.5, 0.6) is 0 Å². The topological polar surface area (TPSA) is 41.3 Å². The Bertz CT molecular complexity index is 567. The van der Waals surface area contributed by atoms with Crippen molar-refractivity contribution in [3.8, 4) is 11.5 Å². The number of hydrogen-bond donors (Lipinski definition) is 1.